The van der Waals surface area contributed by atoms with E-state index in [4.69, 9.17) is 14.2 Å². The fraction of sp³-hybridized carbons (Fsp3) is 0.500. The van der Waals surface area contributed by atoms with Crippen LogP contribution < -0.4 is 9.47 Å². The zero-order chi connectivity index (χ0) is 12.1. The predicted molar refractivity (Wildman–Crippen MR) is 67.4 cm³/mol. The molecule has 3 nitrogen and oxygen atoms in total. The topological polar surface area (TPSA) is 27.7 Å². The number of ether oxygens (including phenoxy) is 3. The van der Waals surface area contributed by atoms with Gasteiger partial charge in [0.15, 0.2) is 0 Å². The van der Waals surface area contributed by atoms with Crippen LogP contribution in [0.15, 0.2) is 16.6 Å². The lowest BCUT2D eigenvalue weighted by Gasteiger charge is -2.14. The maximum Gasteiger partial charge on any atom is 0.137 e. The minimum absolute atomic E-state index is 0.176. The Hall–Kier alpha value is -0.740. The van der Waals surface area contributed by atoms with Gasteiger partial charge in [-0.2, -0.15) is 0 Å². The van der Waals surface area contributed by atoms with Gasteiger partial charge < -0.3 is 14.2 Å². The van der Waals surface area contributed by atoms with Gasteiger partial charge in [0.25, 0.3) is 0 Å². The van der Waals surface area contributed by atoms with E-state index in [2.05, 4.69) is 15.9 Å². The van der Waals surface area contributed by atoms with Crippen molar-refractivity contribution >= 4 is 15.9 Å². The van der Waals surface area contributed by atoms with Crippen molar-refractivity contribution in [2.24, 2.45) is 0 Å². The molecule has 0 radical (unpaired) electrons. The Labute approximate surface area is 105 Å². The number of halogens is 1. The Morgan fingerprint density at radius 3 is 2.00 bits per heavy atom. The lowest BCUT2D eigenvalue weighted by atomic mass is 10.1. The standard InChI is InChI=1S/C12H17BrO3/c1-8(14-2)5-9-6-10(15-3)12(13)11(7-9)16-4/h6-8H,5H2,1-4H3. The van der Waals surface area contributed by atoms with E-state index >= 15 is 0 Å². The third-order valence-corrected chi connectivity index (χ3v) is 3.21. The van der Waals surface area contributed by atoms with Crippen LogP contribution in [0.5, 0.6) is 11.5 Å². The summed E-state index contributed by atoms with van der Waals surface area (Å²) in [5.74, 6) is 1.55. The summed E-state index contributed by atoms with van der Waals surface area (Å²) < 4.78 is 16.6. The molecular weight excluding hydrogens is 272 g/mol. The molecule has 0 N–H and O–H groups in total. The maximum absolute atomic E-state index is 5.28. The monoisotopic (exact) mass is 288 g/mol. The summed E-state index contributed by atoms with van der Waals surface area (Å²) in [7, 11) is 4.99. The molecule has 1 atom stereocenters. The fourth-order valence-electron chi connectivity index (χ4n) is 1.46. The van der Waals surface area contributed by atoms with Gasteiger partial charge in [0, 0.05) is 7.11 Å². The number of benzene rings is 1. The number of methoxy groups -OCH3 is 3. The van der Waals surface area contributed by atoms with Gasteiger partial charge in [-0.05, 0) is 47.0 Å². The molecule has 1 unspecified atom stereocenters. The Bertz CT molecular complexity index is 327. The van der Waals surface area contributed by atoms with Gasteiger partial charge in [0.2, 0.25) is 0 Å². The zero-order valence-corrected chi connectivity index (χ0v) is 11.6. The minimum Gasteiger partial charge on any atom is -0.495 e. The maximum atomic E-state index is 5.28. The molecule has 0 aromatic heterocycles. The molecule has 16 heavy (non-hydrogen) atoms. The highest BCUT2D eigenvalue weighted by atomic mass is 79.9. The molecule has 0 heterocycles. The van der Waals surface area contributed by atoms with Crippen molar-refractivity contribution in [1.29, 1.82) is 0 Å². The second-order valence-corrected chi connectivity index (χ2v) is 4.36. The van der Waals surface area contributed by atoms with Crippen LogP contribution in [-0.4, -0.2) is 27.4 Å². The Kier molecular flexibility index (Phi) is 5.09. The summed E-state index contributed by atoms with van der Waals surface area (Å²) in [5, 5.41) is 0. The first-order valence-corrected chi connectivity index (χ1v) is 5.84. The van der Waals surface area contributed by atoms with Crippen LogP contribution in [0.2, 0.25) is 0 Å². The van der Waals surface area contributed by atoms with Gasteiger partial charge >= 0.3 is 0 Å². The summed E-state index contributed by atoms with van der Waals surface area (Å²) in [6.07, 6.45) is 1.01. The molecule has 1 aromatic carbocycles. The Morgan fingerprint density at radius 2 is 1.62 bits per heavy atom. The zero-order valence-electron chi connectivity index (χ0n) is 10.0. The van der Waals surface area contributed by atoms with Crippen molar-refractivity contribution in [1.82, 2.24) is 0 Å². The normalized spacial score (nSPS) is 12.3. The number of hydrogen-bond donors (Lipinski definition) is 0. The molecule has 0 aliphatic heterocycles. The molecule has 0 saturated heterocycles. The molecule has 0 aliphatic carbocycles. The SMILES string of the molecule is COc1cc(CC(C)OC)cc(OC)c1Br. The van der Waals surface area contributed by atoms with Crippen molar-refractivity contribution in [2.75, 3.05) is 21.3 Å². The number of rotatable bonds is 5. The van der Waals surface area contributed by atoms with Gasteiger partial charge in [-0.15, -0.1) is 0 Å². The molecule has 0 spiro atoms. The van der Waals surface area contributed by atoms with E-state index < -0.39 is 0 Å². The largest absolute Gasteiger partial charge is 0.495 e. The average Bonchev–Trinajstić information content (AvgIpc) is 2.30. The smallest absolute Gasteiger partial charge is 0.137 e. The highest BCUT2D eigenvalue weighted by molar-refractivity contribution is 9.10. The molecule has 0 amide bonds. The summed E-state index contributed by atoms with van der Waals surface area (Å²) in [6.45, 7) is 2.03. The molecule has 0 aliphatic rings. The summed E-state index contributed by atoms with van der Waals surface area (Å²) in [5.41, 5.74) is 1.13. The first kappa shape index (κ1) is 13.3. The van der Waals surface area contributed by atoms with E-state index in [-0.39, 0.29) is 6.10 Å². The molecule has 0 saturated carbocycles. The lowest BCUT2D eigenvalue weighted by molar-refractivity contribution is 0.118. The average molecular weight is 289 g/mol. The van der Waals surface area contributed by atoms with E-state index in [1.54, 1.807) is 21.3 Å². The number of hydrogen-bond acceptors (Lipinski definition) is 3. The van der Waals surface area contributed by atoms with Crippen LogP contribution in [0.25, 0.3) is 0 Å². The molecular formula is C12H17BrO3. The molecule has 1 aromatic rings. The second kappa shape index (κ2) is 6.11. The van der Waals surface area contributed by atoms with Crippen LogP contribution in [-0.2, 0) is 11.2 Å². The Balaban J connectivity index is 3.02. The second-order valence-electron chi connectivity index (χ2n) is 3.56. The van der Waals surface area contributed by atoms with Gasteiger partial charge in [0.1, 0.15) is 16.0 Å². The van der Waals surface area contributed by atoms with Crippen molar-refractivity contribution < 1.29 is 14.2 Å². The van der Waals surface area contributed by atoms with E-state index in [1.165, 1.54) is 0 Å². The van der Waals surface area contributed by atoms with Crippen LogP contribution in [0.1, 0.15) is 12.5 Å². The fourth-order valence-corrected chi connectivity index (χ4v) is 2.01. The van der Waals surface area contributed by atoms with Gasteiger partial charge in [-0.25, -0.2) is 0 Å². The molecule has 0 bridgehead atoms. The first-order valence-electron chi connectivity index (χ1n) is 5.05. The van der Waals surface area contributed by atoms with E-state index in [0.717, 1.165) is 28.0 Å². The summed E-state index contributed by atoms with van der Waals surface area (Å²) in [6, 6.07) is 3.98. The van der Waals surface area contributed by atoms with E-state index in [9.17, 15) is 0 Å². The van der Waals surface area contributed by atoms with Crippen LogP contribution in [0, 0.1) is 0 Å². The van der Waals surface area contributed by atoms with Crippen LogP contribution in [0.4, 0.5) is 0 Å². The van der Waals surface area contributed by atoms with Crippen molar-refractivity contribution in [3.8, 4) is 11.5 Å². The Morgan fingerprint density at radius 1 is 1.12 bits per heavy atom. The first-order chi connectivity index (χ1) is 7.62. The molecule has 0 fully saturated rings. The molecule has 4 heteroatoms. The van der Waals surface area contributed by atoms with Crippen LogP contribution in [0.3, 0.4) is 0 Å². The molecule has 1 rings (SSSR count). The third kappa shape index (κ3) is 3.12. The van der Waals surface area contributed by atoms with Crippen molar-refractivity contribution in [3.05, 3.63) is 22.2 Å². The highest BCUT2D eigenvalue weighted by Crippen LogP contribution is 2.35. The quantitative estimate of drug-likeness (QED) is 0.834. The van der Waals surface area contributed by atoms with Crippen molar-refractivity contribution in [3.63, 3.8) is 0 Å². The minimum atomic E-state index is 0.176. The summed E-state index contributed by atoms with van der Waals surface area (Å²) in [4.78, 5) is 0. The van der Waals surface area contributed by atoms with E-state index in [1.807, 2.05) is 19.1 Å². The lowest BCUT2D eigenvalue weighted by Crippen LogP contribution is -2.08. The van der Waals surface area contributed by atoms with Crippen molar-refractivity contribution in [2.45, 2.75) is 19.4 Å². The predicted octanol–water partition coefficient (Wildman–Crippen LogP) is 3.04. The van der Waals surface area contributed by atoms with Gasteiger partial charge in [-0.3, -0.25) is 0 Å². The van der Waals surface area contributed by atoms with Crippen LogP contribution >= 0.6 is 15.9 Å². The van der Waals surface area contributed by atoms with Gasteiger partial charge in [-0.1, -0.05) is 0 Å². The summed E-state index contributed by atoms with van der Waals surface area (Å²) >= 11 is 3.44. The highest BCUT2D eigenvalue weighted by Gasteiger charge is 2.11. The van der Waals surface area contributed by atoms with E-state index in [0.29, 0.717) is 0 Å². The molecule has 90 valence electrons. The third-order valence-electron chi connectivity index (χ3n) is 2.43. The van der Waals surface area contributed by atoms with Gasteiger partial charge in [0.05, 0.1) is 20.3 Å².